The van der Waals surface area contributed by atoms with Gasteiger partial charge in [-0.15, -0.1) is 23.8 Å². The van der Waals surface area contributed by atoms with Gasteiger partial charge in [-0.2, -0.15) is 24.1 Å². The smallest absolute Gasteiger partial charge is 0.230 e. The summed E-state index contributed by atoms with van der Waals surface area (Å²) in [6.07, 6.45) is 9.74. The standard InChI is InChI=1S/C22H24N.C14H16N3O3.Nd/c1-3-17-6-10-19(11-7-17)21(18-8-4-16(2)5-9-18)20-12-22(13-20)14-23-15-22;18-8-11-5-13(7-15-6-11)16-1-3-17(4-2-16)14(19)12-9-20-10-12;/h3-11,23H,12-15H2,1-2H3;5-7,12H,1-4,9-10H2;/q2*-1;. The van der Waals surface area contributed by atoms with E-state index in [0.717, 1.165) is 18.8 Å². The van der Waals surface area contributed by atoms with E-state index in [1.165, 1.54) is 60.0 Å². The second kappa shape index (κ2) is 14.7. The molecular weight excluding hydrogens is 681 g/mol. The van der Waals surface area contributed by atoms with Crippen LogP contribution in [0.1, 0.15) is 47.6 Å². The van der Waals surface area contributed by atoms with E-state index in [0.29, 0.717) is 37.3 Å². The SMILES string of the molecule is C[CH-]c1ccc(C(=C2CC3(CNC3)C2)c2ccc(C)cc2)cc1.O=[C-]c1cncc(N2CCN(C(=O)C3COC3)CC2)c1.[Nd]. The molecule has 1 amide bonds. The van der Waals surface area contributed by atoms with Crippen molar-refractivity contribution in [1.82, 2.24) is 15.2 Å². The molecule has 0 unspecified atom stereocenters. The minimum atomic E-state index is 0. The summed E-state index contributed by atoms with van der Waals surface area (Å²) in [5.41, 5.74) is 10.4. The molecule has 0 radical (unpaired) electrons. The Balaban J connectivity index is 0.000000172. The molecular formula is C36H40N4NdO3-2. The summed E-state index contributed by atoms with van der Waals surface area (Å²) in [5.74, 6) is 0.250. The van der Waals surface area contributed by atoms with Crippen molar-refractivity contribution in [2.45, 2.75) is 26.7 Å². The maximum absolute atomic E-state index is 12.1. The van der Waals surface area contributed by atoms with Gasteiger partial charge in [-0.3, -0.25) is 4.79 Å². The number of nitrogens with one attached hydrogen (secondary N) is 1. The Hall–Kier alpha value is -2.59. The van der Waals surface area contributed by atoms with E-state index in [9.17, 15) is 9.59 Å². The number of hydrogen-bond donors (Lipinski definition) is 1. The maximum Gasteiger partial charge on any atom is 0.230 e. The molecule has 8 heteroatoms. The molecule has 3 aliphatic heterocycles. The minimum absolute atomic E-state index is 0. The molecule has 44 heavy (non-hydrogen) atoms. The van der Waals surface area contributed by atoms with Gasteiger partial charge in [-0.1, -0.05) is 48.5 Å². The van der Waals surface area contributed by atoms with Crippen LogP contribution in [0.25, 0.3) is 5.57 Å². The number of pyridine rings is 1. The van der Waals surface area contributed by atoms with Crippen LogP contribution in [0.2, 0.25) is 0 Å². The Kier molecular flexibility index (Phi) is 10.9. The molecule has 3 saturated heterocycles. The van der Waals surface area contributed by atoms with Crippen LogP contribution in [0.3, 0.4) is 0 Å². The van der Waals surface area contributed by atoms with Crippen molar-refractivity contribution in [2.75, 3.05) is 57.4 Å². The Morgan fingerprint density at radius 1 is 0.977 bits per heavy atom. The second-order valence-electron chi connectivity index (χ2n) is 12.3. The normalized spacial score (nSPS) is 18.5. The van der Waals surface area contributed by atoms with E-state index >= 15 is 0 Å². The Morgan fingerprint density at radius 2 is 1.61 bits per heavy atom. The molecule has 2 aromatic carbocycles. The Labute approximate surface area is 294 Å². The summed E-state index contributed by atoms with van der Waals surface area (Å²) >= 11 is 0. The summed E-state index contributed by atoms with van der Waals surface area (Å²) in [4.78, 5) is 30.8. The third kappa shape index (κ3) is 7.27. The zero-order chi connectivity index (χ0) is 29.8. The molecule has 1 aromatic heterocycles. The van der Waals surface area contributed by atoms with E-state index in [1.807, 2.05) is 11.2 Å². The van der Waals surface area contributed by atoms with E-state index in [1.54, 1.807) is 17.8 Å². The number of rotatable bonds is 6. The number of ether oxygens (including phenoxy) is 1. The van der Waals surface area contributed by atoms with Gasteiger partial charge in [0.15, 0.2) is 0 Å². The molecule has 0 bridgehead atoms. The number of carbonyl (C=O) groups excluding carboxylic acids is 2. The second-order valence-corrected chi connectivity index (χ2v) is 12.3. The first-order valence-corrected chi connectivity index (χ1v) is 15.3. The van der Waals surface area contributed by atoms with Crippen LogP contribution in [0.15, 0.2) is 72.6 Å². The molecule has 1 N–H and O–H groups in total. The number of aryl methyl sites for hydroxylation is 1. The molecule has 1 spiro atoms. The largest absolute Gasteiger partial charge is 0.380 e. The first-order chi connectivity index (χ1) is 21.0. The number of benzene rings is 2. The van der Waals surface area contributed by atoms with Crippen LogP contribution >= 0.6 is 0 Å². The Bertz CT molecular complexity index is 1460. The van der Waals surface area contributed by atoms with Crippen LogP contribution in [-0.4, -0.2) is 74.6 Å². The molecule has 4 aliphatic rings. The summed E-state index contributed by atoms with van der Waals surface area (Å²) in [7, 11) is 0. The van der Waals surface area contributed by atoms with E-state index in [4.69, 9.17) is 4.74 Å². The number of nitrogens with zero attached hydrogens (tertiary/aromatic N) is 3. The number of piperazine rings is 1. The monoisotopic (exact) mass is 718 g/mol. The average Bonchev–Trinajstić information content (AvgIpc) is 2.98. The van der Waals surface area contributed by atoms with Crippen molar-refractivity contribution < 1.29 is 55.2 Å². The van der Waals surface area contributed by atoms with Gasteiger partial charge in [0, 0.05) is 91.7 Å². The summed E-state index contributed by atoms with van der Waals surface area (Å²) in [6.45, 7) is 10.7. The van der Waals surface area contributed by atoms with Crippen LogP contribution in [0.4, 0.5) is 5.69 Å². The molecule has 4 heterocycles. The predicted molar refractivity (Wildman–Crippen MR) is 169 cm³/mol. The molecule has 3 aromatic rings. The first kappa shape index (κ1) is 32.8. The van der Waals surface area contributed by atoms with Crippen LogP contribution < -0.4 is 10.2 Å². The third-order valence-corrected chi connectivity index (χ3v) is 9.19. The van der Waals surface area contributed by atoms with Crippen molar-refractivity contribution in [3.8, 4) is 0 Å². The maximum atomic E-state index is 12.1. The van der Waals surface area contributed by atoms with Crippen molar-refractivity contribution in [2.24, 2.45) is 11.3 Å². The van der Waals surface area contributed by atoms with Gasteiger partial charge in [0.05, 0.1) is 25.4 Å². The number of aromatic nitrogens is 1. The summed E-state index contributed by atoms with van der Waals surface area (Å²) in [6, 6.07) is 19.8. The van der Waals surface area contributed by atoms with E-state index < -0.39 is 0 Å². The Morgan fingerprint density at radius 3 is 2.14 bits per heavy atom. The minimum Gasteiger partial charge on any atom is -0.380 e. The topological polar surface area (TPSA) is 74.8 Å². The predicted octanol–water partition coefficient (Wildman–Crippen LogP) is 4.59. The van der Waals surface area contributed by atoms with Crippen molar-refractivity contribution in [1.29, 1.82) is 0 Å². The first-order valence-electron chi connectivity index (χ1n) is 15.3. The molecule has 0 atom stereocenters. The average molecular weight is 721 g/mol. The van der Waals surface area contributed by atoms with Gasteiger partial charge < -0.3 is 29.6 Å². The van der Waals surface area contributed by atoms with E-state index in [2.05, 4.69) is 84.0 Å². The van der Waals surface area contributed by atoms with Gasteiger partial charge in [-0.05, 0) is 42.2 Å². The zero-order valence-electron chi connectivity index (χ0n) is 25.6. The van der Waals surface area contributed by atoms with Gasteiger partial charge in [0.1, 0.15) is 0 Å². The molecule has 7 nitrogen and oxygen atoms in total. The fourth-order valence-electron chi connectivity index (χ4n) is 6.37. The van der Waals surface area contributed by atoms with Crippen LogP contribution in [0.5, 0.6) is 0 Å². The van der Waals surface area contributed by atoms with Crippen molar-refractivity contribution >= 4 is 23.5 Å². The van der Waals surface area contributed by atoms with E-state index in [-0.39, 0.29) is 52.7 Å². The fourth-order valence-corrected chi connectivity index (χ4v) is 6.37. The van der Waals surface area contributed by atoms with Gasteiger partial charge >= 0.3 is 0 Å². The quantitative estimate of drug-likeness (QED) is 0.376. The third-order valence-electron chi connectivity index (χ3n) is 9.19. The number of allylic oxidation sites excluding steroid dienone is 1. The van der Waals surface area contributed by atoms with Crippen molar-refractivity contribution in [3.63, 3.8) is 0 Å². The zero-order valence-corrected chi connectivity index (χ0v) is 28.9. The molecule has 7 rings (SSSR count). The summed E-state index contributed by atoms with van der Waals surface area (Å²) in [5, 5.41) is 3.44. The number of anilines is 1. The van der Waals surface area contributed by atoms with Gasteiger partial charge in [-0.25, -0.2) is 0 Å². The van der Waals surface area contributed by atoms with Gasteiger partial charge in [0.25, 0.3) is 0 Å². The number of hydrogen-bond acceptors (Lipinski definition) is 6. The summed E-state index contributed by atoms with van der Waals surface area (Å²) < 4.78 is 5.06. The van der Waals surface area contributed by atoms with Crippen LogP contribution in [-0.2, 0) is 14.3 Å². The molecule has 1 aliphatic carbocycles. The molecule has 228 valence electrons. The molecule has 1 saturated carbocycles. The van der Waals surface area contributed by atoms with Crippen molar-refractivity contribution in [3.05, 3.63) is 107 Å². The molecule has 4 fully saturated rings. The number of amides is 1. The van der Waals surface area contributed by atoms with Gasteiger partial charge in [0.2, 0.25) is 5.91 Å². The fraction of sp³-hybridized carbons (Fsp3) is 0.389. The van der Waals surface area contributed by atoms with Crippen LogP contribution in [0, 0.1) is 65.5 Å². The number of carbonyl (C=O) groups is 1.